The van der Waals surface area contributed by atoms with Crippen LogP contribution < -0.4 is 14.8 Å². The monoisotopic (exact) mass is 421 g/mol. The number of fused-ring (bicyclic) bond motifs is 1. The molecule has 0 aliphatic heterocycles. The van der Waals surface area contributed by atoms with Gasteiger partial charge in [-0.05, 0) is 51.5 Å². The highest BCUT2D eigenvalue weighted by atomic mass is 16.5. The topological polar surface area (TPSA) is 99.6 Å². The molecule has 4 rings (SSSR count). The Hall–Kier alpha value is -3.81. The highest BCUT2D eigenvalue weighted by Gasteiger charge is 2.22. The van der Waals surface area contributed by atoms with Crippen molar-refractivity contribution in [1.82, 2.24) is 10.1 Å². The van der Waals surface area contributed by atoms with E-state index < -0.39 is 0 Å². The van der Waals surface area contributed by atoms with Gasteiger partial charge in [-0.15, -0.1) is 0 Å². The van der Waals surface area contributed by atoms with Gasteiger partial charge >= 0.3 is 0 Å². The number of benzene rings is 1. The summed E-state index contributed by atoms with van der Waals surface area (Å²) in [5.41, 5.74) is 4.10. The number of anilines is 1. The first kappa shape index (κ1) is 20.5. The summed E-state index contributed by atoms with van der Waals surface area (Å²) in [6.45, 7) is 7.37. The Morgan fingerprint density at radius 2 is 1.71 bits per heavy atom. The summed E-state index contributed by atoms with van der Waals surface area (Å²) >= 11 is 0. The van der Waals surface area contributed by atoms with Crippen molar-refractivity contribution in [3.05, 3.63) is 52.6 Å². The van der Waals surface area contributed by atoms with Crippen LogP contribution in [0.3, 0.4) is 0 Å². The molecule has 0 unspecified atom stereocenters. The Morgan fingerprint density at radius 1 is 1.00 bits per heavy atom. The minimum atomic E-state index is -0.312. The van der Waals surface area contributed by atoms with E-state index in [0.717, 1.165) is 16.9 Å². The summed E-state index contributed by atoms with van der Waals surface area (Å²) in [4.78, 5) is 17.9. The van der Waals surface area contributed by atoms with E-state index in [1.165, 1.54) is 0 Å². The number of amides is 1. The van der Waals surface area contributed by atoms with E-state index in [2.05, 4.69) is 15.5 Å². The van der Waals surface area contributed by atoms with Crippen LogP contribution in [0.15, 0.2) is 33.2 Å². The van der Waals surface area contributed by atoms with Crippen molar-refractivity contribution in [2.24, 2.45) is 0 Å². The zero-order valence-electron chi connectivity index (χ0n) is 18.2. The molecule has 0 fully saturated rings. The molecular formula is C23H23N3O5. The fraction of sp³-hybridized carbons (Fsp3) is 0.261. The van der Waals surface area contributed by atoms with Gasteiger partial charge in [0, 0.05) is 17.3 Å². The van der Waals surface area contributed by atoms with E-state index in [-0.39, 0.29) is 5.91 Å². The van der Waals surface area contributed by atoms with Crippen LogP contribution in [0.25, 0.3) is 22.4 Å². The number of aryl methyl sites for hydroxylation is 4. The van der Waals surface area contributed by atoms with Crippen LogP contribution in [0.1, 0.15) is 33.1 Å². The van der Waals surface area contributed by atoms with Crippen molar-refractivity contribution in [3.8, 4) is 22.8 Å². The maximum atomic E-state index is 13.4. The van der Waals surface area contributed by atoms with Crippen molar-refractivity contribution in [1.29, 1.82) is 0 Å². The number of nitrogens with zero attached hydrogens (tertiary/aromatic N) is 2. The quantitative estimate of drug-likeness (QED) is 0.485. The van der Waals surface area contributed by atoms with Crippen LogP contribution >= 0.6 is 0 Å². The molecule has 4 aromatic rings. The fourth-order valence-electron chi connectivity index (χ4n) is 3.60. The summed E-state index contributed by atoms with van der Waals surface area (Å²) in [6.07, 6.45) is 0. The van der Waals surface area contributed by atoms with Gasteiger partial charge in [0.15, 0.2) is 11.5 Å². The lowest BCUT2D eigenvalue weighted by Crippen LogP contribution is -2.14. The van der Waals surface area contributed by atoms with E-state index in [1.807, 2.05) is 32.9 Å². The third kappa shape index (κ3) is 3.61. The van der Waals surface area contributed by atoms with Crippen molar-refractivity contribution in [2.45, 2.75) is 27.7 Å². The second-order valence-electron chi connectivity index (χ2n) is 7.31. The van der Waals surface area contributed by atoms with Gasteiger partial charge in [0.05, 0.1) is 36.6 Å². The van der Waals surface area contributed by atoms with Crippen LogP contribution in [0.5, 0.6) is 11.5 Å². The van der Waals surface area contributed by atoms with Crippen molar-refractivity contribution in [3.63, 3.8) is 0 Å². The highest BCUT2D eigenvalue weighted by Crippen LogP contribution is 2.34. The summed E-state index contributed by atoms with van der Waals surface area (Å²) in [5.74, 6) is 2.27. The molecule has 0 atom stereocenters. The van der Waals surface area contributed by atoms with E-state index >= 15 is 0 Å². The average Bonchev–Trinajstić information content (AvgIpc) is 3.29. The Balaban J connectivity index is 1.81. The molecule has 0 saturated heterocycles. The normalized spacial score (nSPS) is 11.0. The Kier molecular flexibility index (Phi) is 5.14. The maximum Gasteiger partial charge on any atom is 0.259 e. The third-order valence-corrected chi connectivity index (χ3v) is 5.16. The number of pyridine rings is 1. The van der Waals surface area contributed by atoms with E-state index in [0.29, 0.717) is 51.0 Å². The third-order valence-electron chi connectivity index (χ3n) is 5.16. The van der Waals surface area contributed by atoms with Crippen molar-refractivity contribution in [2.75, 3.05) is 19.5 Å². The summed E-state index contributed by atoms with van der Waals surface area (Å²) < 4.78 is 21.7. The minimum absolute atomic E-state index is 0.294. The van der Waals surface area contributed by atoms with Crippen molar-refractivity contribution >= 4 is 22.7 Å². The number of furan rings is 1. The molecule has 0 radical (unpaired) electrons. The number of methoxy groups -OCH3 is 2. The number of aromatic nitrogens is 2. The molecule has 8 nitrogen and oxygen atoms in total. The Morgan fingerprint density at radius 3 is 2.35 bits per heavy atom. The van der Waals surface area contributed by atoms with Crippen molar-refractivity contribution < 1.29 is 23.2 Å². The van der Waals surface area contributed by atoms with Crippen LogP contribution in [0.2, 0.25) is 0 Å². The first-order chi connectivity index (χ1) is 14.8. The zero-order valence-corrected chi connectivity index (χ0v) is 18.2. The molecule has 0 spiro atoms. The number of nitrogens with one attached hydrogen (secondary N) is 1. The molecule has 160 valence electrons. The largest absolute Gasteiger partial charge is 0.493 e. The van der Waals surface area contributed by atoms with E-state index in [1.54, 1.807) is 33.3 Å². The van der Waals surface area contributed by atoms with Crippen LogP contribution in [-0.2, 0) is 0 Å². The summed E-state index contributed by atoms with van der Waals surface area (Å²) in [6, 6.07) is 7.15. The first-order valence-corrected chi connectivity index (χ1v) is 9.70. The number of carbonyl (C=O) groups is 1. The van der Waals surface area contributed by atoms with E-state index in [4.69, 9.17) is 18.4 Å². The van der Waals surface area contributed by atoms with Crippen LogP contribution in [0, 0.1) is 27.7 Å². The van der Waals surface area contributed by atoms with Gasteiger partial charge < -0.3 is 23.7 Å². The van der Waals surface area contributed by atoms with Gasteiger partial charge in [-0.2, -0.15) is 0 Å². The predicted octanol–water partition coefficient (Wildman–Crippen LogP) is 4.99. The van der Waals surface area contributed by atoms with Crippen LogP contribution in [-0.4, -0.2) is 30.3 Å². The molecule has 1 amide bonds. The van der Waals surface area contributed by atoms with Gasteiger partial charge in [-0.1, -0.05) is 5.16 Å². The second kappa shape index (κ2) is 7.79. The molecule has 0 aliphatic rings. The highest BCUT2D eigenvalue weighted by molar-refractivity contribution is 6.13. The average molecular weight is 421 g/mol. The second-order valence-corrected chi connectivity index (χ2v) is 7.31. The number of ether oxygens (including phenoxy) is 2. The lowest BCUT2D eigenvalue weighted by molar-refractivity contribution is 0.102. The lowest BCUT2D eigenvalue weighted by Gasteiger charge is -2.14. The number of hydrogen-bond acceptors (Lipinski definition) is 7. The summed E-state index contributed by atoms with van der Waals surface area (Å²) in [5, 5.41) is 7.53. The first-order valence-electron chi connectivity index (χ1n) is 9.70. The van der Waals surface area contributed by atoms with Gasteiger partial charge in [0.1, 0.15) is 11.5 Å². The molecule has 1 N–H and O–H groups in total. The van der Waals surface area contributed by atoms with Crippen LogP contribution in [0.4, 0.5) is 5.69 Å². The molecule has 31 heavy (non-hydrogen) atoms. The summed E-state index contributed by atoms with van der Waals surface area (Å²) in [7, 11) is 3.12. The smallest absolute Gasteiger partial charge is 0.259 e. The molecule has 1 aromatic carbocycles. The predicted molar refractivity (Wildman–Crippen MR) is 116 cm³/mol. The van der Waals surface area contributed by atoms with Gasteiger partial charge in [-0.25, -0.2) is 4.98 Å². The Bertz CT molecular complexity index is 1300. The molecular weight excluding hydrogens is 398 g/mol. The fourth-order valence-corrected chi connectivity index (χ4v) is 3.60. The lowest BCUT2D eigenvalue weighted by atomic mass is 10.0. The molecule has 0 saturated carbocycles. The Labute approximate surface area is 179 Å². The molecule has 3 heterocycles. The molecule has 3 aromatic heterocycles. The van der Waals surface area contributed by atoms with E-state index in [9.17, 15) is 4.79 Å². The number of hydrogen-bond donors (Lipinski definition) is 1. The molecule has 0 bridgehead atoms. The van der Waals surface area contributed by atoms with Gasteiger partial charge in [0.25, 0.3) is 11.6 Å². The van der Waals surface area contributed by atoms with Gasteiger partial charge in [0.2, 0.25) is 0 Å². The molecule has 0 aliphatic carbocycles. The maximum absolute atomic E-state index is 13.4. The number of rotatable bonds is 5. The standard InChI is InChI=1S/C23H23N3O5/c1-11-7-19(28-5)20(29-6)10-17(11)24-22(27)16-9-18(15-8-12(2)30-14(15)4)25-23-21(16)13(3)26-31-23/h7-10H,1-6H3,(H,24,27). The van der Waals surface area contributed by atoms with Gasteiger partial charge in [-0.3, -0.25) is 4.79 Å². The minimum Gasteiger partial charge on any atom is -0.493 e. The number of carbonyl (C=O) groups excluding carboxylic acids is 1. The molecule has 8 heteroatoms. The zero-order chi connectivity index (χ0) is 22.3. The SMILES string of the molecule is COc1cc(C)c(NC(=O)c2cc(-c3cc(C)oc3C)nc3onc(C)c23)cc1OC.